The third-order valence-electron chi connectivity index (χ3n) is 6.16. The van der Waals surface area contributed by atoms with E-state index < -0.39 is 0 Å². The van der Waals surface area contributed by atoms with Crippen molar-refractivity contribution in [2.45, 2.75) is 45.6 Å². The van der Waals surface area contributed by atoms with E-state index in [0.29, 0.717) is 24.3 Å². The number of amides is 1. The maximum atomic E-state index is 13.0. The monoisotopic (exact) mass is 379 g/mol. The molecule has 2 unspecified atom stereocenters. The topological polar surface area (TPSA) is 86.3 Å². The smallest absolute Gasteiger partial charge is 0.223 e. The number of carbonyl (C=O) groups excluding carboxylic acids is 1. The van der Waals surface area contributed by atoms with Gasteiger partial charge in [-0.2, -0.15) is 5.26 Å². The quantitative estimate of drug-likeness (QED) is 0.812. The van der Waals surface area contributed by atoms with Gasteiger partial charge in [-0.25, -0.2) is 4.98 Å². The van der Waals surface area contributed by atoms with Gasteiger partial charge in [0.25, 0.3) is 0 Å². The van der Waals surface area contributed by atoms with E-state index in [-0.39, 0.29) is 11.9 Å². The first-order chi connectivity index (χ1) is 13.6. The minimum absolute atomic E-state index is 0.191. The van der Waals surface area contributed by atoms with Crippen molar-refractivity contribution in [1.82, 2.24) is 15.0 Å². The Hall–Kier alpha value is -2.88. The lowest BCUT2D eigenvalue weighted by molar-refractivity contribution is -0.132. The molecule has 7 nitrogen and oxygen atoms in total. The number of aromatic nitrogens is 2. The Morgan fingerprint density at radius 3 is 2.93 bits per heavy atom. The van der Waals surface area contributed by atoms with Crippen LogP contribution in [0, 0.1) is 31.1 Å². The molecule has 2 fully saturated rings. The molecule has 2 aromatic heterocycles. The zero-order valence-electron chi connectivity index (χ0n) is 16.4. The second kappa shape index (κ2) is 7.63. The van der Waals surface area contributed by atoms with Crippen molar-refractivity contribution >= 4 is 11.7 Å². The van der Waals surface area contributed by atoms with Crippen LogP contribution in [-0.2, 0) is 11.2 Å². The van der Waals surface area contributed by atoms with Crippen LogP contribution in [0.3, 0.4) is 0 Å². The summed E-state index contributed by atoms with van der Waals surface area (Å²) in [5.41, 5.74) is 2.50. The Balaban J connectivity index is 1.45. The third kappa shape index (κ3) is 3.35. The van der Waals surface area contributed by atoms with Gasteiger partial charge in [0.15, 0.2) is 0 Å². The number of pyridine rings is 1. The van der Waals surface area contributed by atoms with Gasteiger partial charge in [0.2, 0.25) is 5.91 Å². The van der Waals surface area contributed by atoms with Gasteiger partial charge >= 0.3 is 0 Å². The van der Waals surface area contributed by atoms with Crippen molar-refractivity contribution in [2.24, 2.45) is 5.92 Å². The molecule has 2 atom stereocenters. The molecular weight excluding hydrogens is 354 g/mol. The molecule has 0 bridgehead atoms. The van der Waals surface area contributed by atoms with E-state index in [1.807, 2.05) is 18.7 Å². The van der Waals surface area contributed by atoms with Gasteiger partial charge < -0.3 is 14.3 Å². The number of nitriles is 1. The van der Waals surface area contributed by atoms with Gasteiger partial charge in [-0.05, 0) is 51.2 Å². The zero-order chi connectivity index (χ0) is 19.7. The normalized spacial score (nSPS) is 21.5. The van der Waals surface area contributed by atoms with E-state index >= 15 is 0 Å². The summed E-state index contributed by atoms with van der Waals surface area (Å²) in [6, 6.07) is 6.02. The van der Waals surface area contributed by atoms with Crippen molar-refractivity contribution in [3.05, 3.63) is 40.9 Å². The molecule has 0 saturated carbocycles. The summed E-state index contributed by atoms with van der Waals surface area (Å²) >= 11 is 0. The molecule has 2 saturated heterocycles. The van der Waals surface area contributed by atoms with Crippen LogP contribution in [0.25, 0.3) is 0 Å². The van der Waals surface area contributed by atoms with Crippen molar-refractivity contribution in [1.29, 1.82) is 5.26 Å². The van der Waals surface area contributed by atoms with Gasteiger partial charge in [-0.1, -0.05) is 5.16 Å². The van der Waals surface area contributed by atoms with Crippen LogP contribution in [0.15, 0.2) is 22.9 Å². The summed E-state index contributed by atoms with van der Waals surface area (Å²) in [7, 11) is 0. The highest BCUT2D eigenvalue weighted by Gasteiger charge is 2.41. The summed E-state index contributed by atoms with van der Waals surface area (Å²) in [5.74, 6) is 2.26. The van der Waals surface area contributed by atoms with Crippen molar-refractivity contribution in [3.8, 4) is 6.07 Å². The second-order valence-corrected chi connectivity index (χ2v) is 7.73. The lowest BCUT2D eigenvalue weighted by Gasteiger charge is -2.39. The van der Waals surface area contributed by atoms with Crippen LogP contribution >= 0.6 is 0 Å². The molecule has 2 aliphatic rings. The average molecular weight is 379 g/mol. The van der Waals surface area contributed by atoms with Crippen molar-refractivity contribution in [2.75, 3.05) is 24.5 Å². The lowest BCUT2D eigenvalue weighted by atomic mass is 9.92. The van der Waals surface area contributed by atoms with Crippen molar-refractivity contribution < 1.29 is 9.32 Å². The van der Waals surface area contributed by atoms with E-state index in [0.717, 1.165) is 55.3 Å². The molecule has 0 aliphatic carbocycles. The molecule has 0 radical (unpaired) electrons. The van der Waals surface area contributed by atoms with Gasteiger partial charge in [0.05, 0.1) is 17.3 Å². The fraction of sp³-hybridized carbons (Fsp3) is 0.524. The highest BCUT2D eigenvalue weighted by atomic mass is 16.5. The molecule has 0 spiro atoms. The highest BCUT2D eigenvalue weighted by molar-refractivity contribution is 5.77. The third-order valence-corrected chi connectivity index (χ3v) is 6.16. The number of carbonyl (C=O) groups is 1. The summed E-state index contributed by atoms with van der Waals surface area (Å²) < 4.78 is 5.21. The summed E-state index contributed by atoms with van der Waals surface area (Å²) in [4.78, 5) is 21.6. The molecule has 28 heavy (non-hydrogen) atoms. The Morgan fingerprint density at radius 2 is 2.18 bits per heavy atom. The minimum Gasteiger partial charge on any atom is -0.361 e. The first kappa shape index (κ1) is 18.5. The Kier molecular flexibility index (Phi) is 5.03. The van der Waals surface area contributed by atoms with Gasteiger partial charge in [0.1, 0.15) is 17.6 Å². The van der Waals surface area contributed by atoms with Crippen LogP contribution in [0.5, 0.6) is 0 Å². The molecule has 4 rings (SSSR count). The van der Waals surface area contributed by atoms with Crippen LogP contribution in [-0.4, -0.2) is 46.6 Å². The summed E-state index contributed by atoms with van der Waals surface area (Å²) in [5, 5.41) is 13.4. The molecule has 146 valence electrons. The predicted molar refractivity (Wildman–Crippen MR) is 104 cm³/mol. The maximum Gasteiger partial charge on any atom is 0.223 e. The number of anilines is 1. The molecule has 0 N–H and O–H groups in total. The number of aryl methyl sites for hydroxylation is 2. The molecular formula is C21H25N5O2. The van der Waals surface area contributed by atoms with E-state index in [2.05, 4.69) is 21.1 Å². The van der Waals surface area contributed by atoms with E-state index in [4.69, 9.17) is 4.52 Å². The van der Waals surface area contributed by atoms with Crippen molar-refractivity contribution in [3.63, 3.8) is 0 Å². The van der Waals surface area contributed by atoms with Crippen LogP contribution in [0.1, 0.15) is 41.8 Å². The Bertz CT molecular complexity index is 896. The average Bonchev–Trinajstić information content (AvgIpc) is 3.28. The summed E-state index contributed by atoms with van der Waals surface area (Å²) in [6.45, 7) is 6.25. The number of rotatable bonds is 4. The molecule has 1 amide bonds. The second-order valence-electron chi connectivity index (χ2n) is 7.73. The highest BCUT2D eigenvalue weighted by Crippen LogP contribution is 2.34. The number of nitrogens with zero attached hydrogens (tertiary/aromatic N) is 5. The molecule has 0 aromatic carbocycles. The molecule has 2 aromatic rings. The largest absolute Gasteiger partial charge is 0.361 e. The lowest BCUT2D eigenvalue weighted by Crippen LogP contribution is -2.50. The van der Waals surface area contributed by atoms with Crippen LogP contribution in [0.4, 0.5) is 5.82 Å². The fourth-order valence-electron chi connectivity index (χ4n) is 4.61. The number of likely N-dealkylation sites (tertiary alicyclic amines) is 1. The Morgan fingerprint density at radius 1 is 1.36 bits per heavy atom. The standard InChI is InChI=1S/C21H25N5O2/c1-14-18(15(2)28-24-14)5-6-20(27)26-11-8-16-7-10-25(13-19(16)26)21-17(12-22)4-3-9-23-21/h3-4,9,16,19H,5-8,10-11,13H2,1-2H3. The van der Waals surface area contributed by atoms with Gasteiger partial charge in [0, 0.05) is 37.8 Å². The predicted octanol–water partition coefficient (Wildman–Crippen LogP) is 2.62. The number of hydrogen-bond donors (Lipinski definition) is 0. The molecule has 2 aliphatic heterocycles. The fourth-order valence-corrected chi connectivity index (χ4v) is 4.61. The van der Waals surface area contributed by atoms with Gasteiger partial charge in [-0.15, -0.1) is 0 Å². The van der Waals surface area contributed by atoms with Gasteiger partial charge in [-0.3, -0.25) is 4.79 Å². The number of piperidine rings is 1. The SMILES string of the molecule is Cc1noc(C)c1CCC(=O)N1CCC2CCN(c3ncccc3C#N)CC21. The van der Waals surface area contributed by atoms with E-state index in [1.165, 1.54) is 0 Å². The number of hydrogen-bond acceptors (Lipinski definition) is 6. The first-order valence-corrected chi connectivity index (χ1v) is 9.89. The van der Waals surface area contributed by atoms with E-state index in [9.17, 15) is 10.1 Å². The number of fused-ring (bicyclic) bond motifs is 1. The molecule has 4 heterocycles. The Labute approximate surface area is 164 Å². The first-order valence-electron chi connectivity index (χ1n) is 9.89. The summed E-state index contributed by atoms with van der Waals surface area (Å²) in [6.07, 6.45) is 4.95. The van der Waals surface area contributed by atoms with Crippen LogP contribution < -0.4 is 4.90 Å². The molecule has 7 heteroatoms. The zero-order valence-corrected chi connectivity index (χ0v) is 16.4. The minimum atomic E-state index is 0.191. The van der Waals surface area contributed by atoms with E-state index in [1.54, 1.807) is 18.3 Å². The van der Waals surface area contributed by atoms with Crippen LogP contribution in [0.2, 0.25) is 0 Å². The maximum absolute atomic E-state index is 13.0.